The number of fused-ring (bicyclic) bond motifs is 8. The molecule has 8 heteroatoms. The highest BCUT2D eigenvalue weighted by atomic mass is 16.5. The van der Waals surface area contributed by atoms with Crippen molar-refractivity contribution in [1.82, 2.24) is 0 Å². The summed E-state index contributed by atoms with van der Waals surface area (Å²) in [5.41, 5.74) is 40.1. The largest absolute Gasteiger partial charge is 0.458 e. The molecule has 0 saturated carbocycles. The summed E-state index contributed by atoms with van der Waals surface area (Å²) in [6.45, 7) is 33.9. The standard InChI is InChI=1S/C122H109B2N5O/c1-118(2,3)85-64-54-80(55-65-85)94-40-22-29-47-103(94)125(90-36-18-16-19-37-90)92-74-111-116-112(75-92)128(106-50-32-25-43-97(106)83-60-70-88(71-61-83)121(10,11)12)109-79-110-102(78-101(109)123(116)99-45-27-34-52-108(99)127(111)105-49-31-24-42-96(105)82-58-68-87(69-59-82)120(7,8)9)124-100-46-28-35-53-114(100)130-115-77-93(76-113(117(115)124)129(110)107-51-33-26-44-98(107)84-62-72-89(73-63-84)122(13,14)15)126(91-38-20-17-21-39-91)104-48-30-23-41-95(104)81-56-66-86(67-57-81)119(4,5)6/h16-79H,1-15H3. The van der Waals surface area contributed by atoms with Crippen LogP contribution in [0.15, 0.2) is 388 Å². The molecule has 0 N–H and O–H groups in total. The Bertz CT molecular complexity index is 7210. The van der Waals surface area contributed by atoms with Crippen LogP contribution in [-0.4, -0.2) is 13.4 Å². The number of para-hydroxylation sites is 9. The Balaban J connectivity index is 0.896. The van der Waals surface area contributed by atoms with Gasteiger partial charge in [0.15, 0.2) is 0 Å². The van der Waals surface area contributed by atoms with E-state index in [0.717, 1.165) is 163 Å². The number of nitrogens with zero attached hydrogens (tertiary/aromatic N) is 5. The third kappa shape index (κ3) is 14.6. The second-order valence-corrected chi connectivity index (χ2v) is 40.9. The minimum Gasteiger partial charge on any atom is -0.458 e. The van der Waals surface area contributed by atoms with Crippen LogP contribution >= 0.6 is 0 Å². The van der Waals surface area contributed by atoms with Crippen molar-refractivity contribution < 1.29 is 4.74 Å². The Hall–Kier alpha value is -14.3. The summed E-state index contributed by atoms with van der Waals surface area (Å²) in [6.07, 6.45) is 0. The molecule has 17 aromatic rings. The highest BCUT2D eigenvalue weighted by Crippen LogP contribution is 2.56. The quantitative estimate of drug-likeness (QED) is 0.101. The van der Waals surface area contributed by atoms with Gasteiger partial charge < -0.3 is 29.2 Å². The highest BCUT2D eigenvalue weighted by molar-refractivity contribution is 7.02. The summed E-state index contributed by atoms with van der Waals surface area (Å²) in [6, 6.07) is 148. The smallest absolute Gasteiger partial charge is 0.256 e. The summed E-state index contributed by atoms with van der Waals surface area (Å²) in [5.74, 6) is 1.63. The van der Waals surface area contributed by atoms with Crippen molar-refractivity contribution in [2.45, 2.75) is 131 Å². The lowest BCUT2D eigenvalue weighted by Gasteiger charge is -2.47. The molecule has 21 rings (SSSR count). The zero-order valence-electron chi connectivity index (χ0n) is 77.2. The Morgan fingerprint density at radius 3 is 0.862 bits per heavy atom. The Morgan fingerprint density at radius 2 is 0.485 bits per heavy atom. The molecule has 634 valence electrons. The van der Waals surface area contributed by atoms with Crippen molar-refractivity contribution in [1.29, 1.82) is 0 Å². The van der Waals surface area contributed by atoms with Gasteiger partial charge in [0.1, 0.15) is 11.5 Å². The SMILES string of the molecule is CC(C)(C)c1ccc(-c2ccccc2N(c2ccccc2)c2cc3c4c(c2)N(c2ccccc2-c2ccc(C(C)(C)C)cc2)c2cc5c(cc2B4c2ccccc2O3)B2c3ccccc3N(c3ccccc3-c3ccc(C(C)(C)C)cc3)c3cc(N(c4ccccc4)c4ccccc4-c4ccc(C(C)(C)C)cc4)cc(c32)N5c2ccccc2-c2ccc(C(C)(C)C)cc2)cc1. The van der Waals surface area contributed by atoms with E-state index >= 15 is 0 Å². The maximum atomic E-state index is 7.72. The normalized spacial score (nSPS) is 13.2. The summed E-state index contributed by atoms with van der Waals surface area (Å²) >= 11 is 0. The van der Waals surface area contributed by atoms with Gasteiger partial charge in [-0.25, -0.2) is 0 Å². The van der Waals surface area contributed by atoms with E-state index in [1.807, 2.05) is 0 Å². The van der Waals surface area contributed by atoms with Gasteiger partial charge >= 0.3 is 0 Å². The lowest BCUT2D eigenvalue weighted by atomic mass is 9.30. The van der Waals surface area contributed by atoms with E-state index in [4.69, 9.17) is 4.74 Å². The van der Waals surface area contributed by atoms with E-state index in [2.05, 4.69) is 517 Å². The average molecular weight is 1680 g/mol. The molecule has 0 saturated heterocycles. The average Bonchev–Trinajstić information content (AvgIpc) is 0.678. The van der Waals surface area contributed by atoms with Crippen molar-refractivity contribution in [3.05, 3.63) is 416 Å². The molecule has 0 atom stereocenters. The lowest BCUT2D eigenvalue weighted by Crippen LogP contribution is -2.64. The number of hydrogen-bond acceptors (Lipinski definition) is 6. The van der Waals surface area contributed by atoms with Gasteiger partial charge in [-0.3, -0.25) is 0 Å². The minimum absolute atomic E-state index is 0.0257. The number of benzene rings is 17. The van der Waals surface area contributed by atoms with Crippen molar-refractivity contribution in [2.75, 3.05) is 24.5 Å². The molecule has 4 heterocycles. The first-order valence-electron chi connectivity index (χ1n) is 46.2. The molecular weight excluding hydrogens is 1570 g/mol. The highest BCUT2D eigenvalue weighted by Gasteiger charge is 2.50. The number of ether oxygens (including phenoxy) is 1. The van der Waals surface area contributed by atoms with Crippen molar-refractivity contribution in [3.8, 4) is 67.1 Å². The van der Waals surface area contributed by atoms with Gasteiger partial charge in [0.25, 0.3) is 13.4 Å². The summed E-state index contributed by atoms with van der Waals surface area (Å²) in [7, 11) is 0. The summed E-state index contributed by atoms with van der Waals surface area (Å²) in [4.78, 5) is 13.0. The van der Waals surface area contributed by atoms with Crippen LogP contribution in [0, 0.1) is 0 Å². The number of hydrogen-bond donors (Lipinski definition) is 0. The topological polar surface area (TPSA) is 25.4 Å². The van der Waals surface area contributed by atoms with Crippen molar-refractivity contribution >= 4 is 132 Å². The van der Waals surface area contributed by atoms with Gasteiger partial charge in [0, 0.05) is 79.4 Å². The zero-order valence-corrected chi connectivity index (χ0v) is 77.2. The van der Waals surface area contributed by atoms with Gasteiger partial charge in [-0.1, -0.05) is 395 Å². The van der Waals surface area contributed by atoms with Crippen LogP contribution in [-0.2, 0) is 27.1 Å². The van der Waals surface area contributed by atoms with E-state index in [1.165, 1.54) is 49.7 Å². The first kappa shape index (κ1) is 82.6. The van der Waals surface area contributed by atoms with Crippen molar-refractivity contribution in [2.24, 2.45) is 0 Å². The molecule has 0 spiro atoms. The maximum Gasteiger partial charge on any atom is 0.256 e. The van der Waals surface area contributed by atoms with Gasteiger partial charge in [-0.2, -0.15) is 0 Å². The summed E-state index contributed by atoms with van der Waals surface area (Å²) < 4.78 is 7.72. The third-order valence-electron chi connectivity index (χ3n) is 27.3. The van der Waals surface area contributed by atoms with Crippen LogP contribution < -0.4 is 62.0 Å². The Labute approximate surface area is 769 Å². The molecule has 6 nitrogen and oxygen atoms in total. The third-order valence-corrected chi connectivity index (χ3v) is 27.3. The van der Waals surface area contributed by atoms with Gasteiger partial charge in [0.05, 0.1) is 39.8 Å². The van der Waals surface area contributed by atoms with Gasteiger partial charge in [-0.15, -0.1) is 0 Å². The second kappa shape index (κ2) is 31.9. The predicted molar refractivity (Wildman–Crippen MR) is 556 cm³/mol. The maximum absolute atomic E-state index is 7.72. The monoisotopic (exact) mass is 1680 g/mol. The molecule has 0 aliphatic carbocycles. The fraction of sp³-hybridized carbons (Fsp3) is 0.164. The molecule has 0 amide bonds. The van der Waals surface area contributed by atoms with E-state index in [9.17, 15) is 0 Å². The lowest BCUT2D eigenvalue weighted by molar-refractivity contribution is 0.487. The molecular formula is C122H109B2N5O. The van der Waals surface area contributed by atoms with Crippen molar-refractivity contribution in [3.63, 3.8) is 0 Å². The van der Waals surface area contributed by atoms with Crippen LogP contribution in [0.1, 0.15) is 132 Å². The van der Waals surface area contributed by atoms with Crippen LogP contribution in [0.5, 0.6) is 11.5 Å². The first-order valence-corrected chi connectivity index (χ1v) is 46.2. The van der Waals surface area contributed by atoms with E-state index in [1.54, 1.807) is 0 Å². The molecule has 0 aromatic heterocycles. The molecule has 130 heavy (non-hydrogen) atoms. The van der Waals surface area contributed by atoms with E-state index < -0.39 is 0 Å². The Kier molecular flexibility index (Phi) is 20.2. The van der Waals surface area contributed by atoms with Crippen LogP contribution in [0.2, 0.25) is 0 Å². The van der Waals surface area contributed by atoms with E-state index in [-0.39, 0.29) is 40.5 Å². The second-order valence-electron chi connectivity index (χ2n) is 40.9. The Morgan fingerprint density at radius 1 is 0.200 bits per heavy atom. The van der Waals surface area contributed by atoms with E-state index in [0.29, 0.717) is 0 Å². The minimum atomic E-state index is -0.331. The molecule has 0 fully saturated rings. The molecule has 0 radical (unpaired) electrons. The van der Waals surface area contributed by atoms with Gasteiger partial charge in [0.2, 0.25) is 0 Å². The van der Waals surface area contributed by atoms with Crippen LogP contribution in [0.4, 0.5) is 85.3 Å². The molecule has 0 bridgehead atoms. The first-order chi connectivity index (χ1) is 62.7. The van der Waals surface area contributed by atoms with Crippen LogP contribution in [0.25, 0.3) is 55.6 Å². The van der Waals surface area contributed by atoms with Gasteiger partial charge in [-0.05, 0) is 206 Å². The zero-order chi connectivity index (χ0) is 89.4. The predicted octanol–water partition coefficient (Wildman–Crippen LogP) is 29.9. The molecule has 17 aromatic carbocycles. The fourth-order valence-electron chi connectivity index (χ4n) is 20.5. The molecule has 4 aliphatic rings. The van der Waals surface area contributed by atoms with Crippen LogP contribution in [0.3, 0.4) is 0 Å². The molecule has 4 aliphatic heterocycles. The number of rotatable bonds is 14. The fourth-order valence-corrected chi connectivity index (χ4v) is 20.5. The number of anilines is 15. The molecule has 0 unspecified atom stereocenters. The summed E-state index contributed by atoms with van der Waals surface area (Å²) in [5, 5.41) is 0.